The van der Waals surface area contributed by atoms with Crippen LogP contribution in [-0.4, -0.2) is 47.4 Å². The zero-order valence-electron chi connectivity index (χ0n) is 16.6. The number of hydrogen-bond acceptors (Lipinski definition) is 5. The minimum atomic E-state index is -3.48. The minimum Gasteiger partial charge on any atom is -0.325 e. The molecule has 1 aromatic heterocycles. The Labute approximate surface area is 176 Å². The SMILES string of the molecule is C#Cc1ccc(S(=O)(=O)C2(C3CCN(C(=O)Nc4ccnnc4)CC3)CCC2)cc1. The van der Waals surface area contributed by atoms with E-state index in [0.29, 0.717) is 54.9 Å². The van der Waals surface area contributed by atoms with Crippen molar-refractivity contribution >= 4 is 21.6 Å². The van der Waals surface area contributed by atoms with Crippen LogP contribution in [-0.2, 0) is 9.84 Å². The van der Waals surface area contributed by atoms with Crippen molar-refractivity contribution in [3.8, 4) is 12.3 Å². The van der Waals surface area contributed by atoms with Crippen LogP contribution in [0.15, 0.2) is 47.6 Å². The Morgan fingerprint density at radius 3 is 2.37 bits per heavy atom. The molecule has 4 rings (SSSR count). The van der Waals surface area contributed by atoms with Crippen LogP contribution in [0.2, 0.25) is 0 Å². The number of benzene rings is 1. The van der Waals surface area contributed by atoms with Crippen molar-refractivity contribution < 1.29 is 13.2 Å². The Bertz CT molecular complexity index is 1050. The smallest absolute Gasteiger partial charge is 0.321 e. The summed E-state index contributed by atoms with van der Waals surface area (Å²) in [6.45, 7) is 1.06. The molecule has 7 nitrogen and oxygen atoms in total. The maximum absolute atomic E-state index is 13.5. The molecule has 1 aliphatic carbocycles. The van der Waals surface area contributed by atoms with Crippen LogP contribution in [0.4, 0.5) is 10.5 Å². The normalized spacial score (nSPS) is 18.8. The van der Waals surface area contributed by atoms with Crippen LogP contribution < -0.4 is 5.32 Å². The standard InChI is InChI=1S/C22H24N4O3S/c1-2-17-4-6-20(7-5-17)30(28,29)22(11-3-12-22)18-9-14-26(15-10-18)21(27)25-19-8-13-23-24-16-19/h1,4-8,13,16,18H,3,9-12,14-15H2,(H,23,25,27). The molecule has 1 N–H and O–H groups in total. The molecule has 156 valence electrons. The summed E-state index contributed by atoms with van der Waals surface area (Å²) in [5.74, 6) is 2.56. The van der Waals surface area contributed by atoms with Crippen molar-refractivity contribution in [1.29, 1.82) is 0 Å². The fraction of sp³-hybridized carbons (Fsp3) is 0.409. The van der Waals surface area contributed by atoms with Gasteiger partial charge in [-0.15, -0.1) is 6.42 Å². The number of urea groups is 1. The van der Waals surface area contributed by atoms with E-state index in [0.717, 1.165) is 6.42 Å². The Hall–Kier alpha value is -2.92. The van der Waals surface area contributed by atoms with Crippen LogP contribution in [0.3, 0.4) is 0 Å². The van der Waals surface area contributed by atoms with E-state index in [1.807, 2.05) is 0 Å². The van der Waals surface area contributed by atoms with Crippen molar-refractivity contribution in [3.63, 3.8) is 0 Å². The van der Waals surface area contributed by atoms with Gasteiger partial charge in [-0.1, -0.05) is 12.3 Å². The summed E-state index contributed by atoms with van der Waals surface area (Å²) in [4.78, 5) is 14.6. The van der Waals surface area contributed by atoms with E-state index in [9.17, 15) is 13.2 Å². The number of piperidine rings is 1. The molecular formula is C22H24N4O3S. The van der Waals surface area contributed by atoms with Gasteiger partial charge >= 0.3 is 6.03 Å². The highest BCUT2D eigenvalue weighted by molar-refractivity contribution is 7.93. The average Bonchev–Trinajstić information content (AvgIpc) is 2.74. The van der Waals surface area contributed by atoms with Crippen molar-refractivity contribution in [2.75, 3.05) is 18.4 Å². The molecular weight excluding hydrogens is 400 g/mol. The predicted molar refractivity (Wildman–Crippen MR) is 113 cm³/mol. The minimum absolute atomic E-state index is 0.0372. The van der Waals surface area contributed by atoms with Gasteiger partial charge in [0.2, 0.25) is 0 Å². The second-order valence-electron chi connectivity index (χ2n) is 7.91. The van der Waals surface area contributed by atoms with Gasteiger partial charge in [0.15, 0.2) is 9.84 Å². The maximum Gasteiger partial charge on any atom is 0.321 e. The summed E-state index contributed by atoms with van der Waals surface area (Å²) in [6.07, 6.45) is 12.0. The highest BCUT2D eigenvalue weighted by Gasteiger charge is 2.55. The zero-order valence-corrected chi connectivity index (χ0v) is 17.4. The summed E-state index contributed by atoms with van der Waals surface area (Å²) >= 11 is 0. The summed E-state index contributed by atoms with van der Waals surface area (Å²) in [5, 5.41) is 10.3. The van der Waals surface area contributed by atoms with Gasteiger partial charge in [-0.25, -0.2) is 13.2 Å². The van der Waals surface area contributed by atoms with Gasteiger partial charge in [-0.05, 0) is 61.9 Å². The maximum atomic E-state index is 13.5. The number of rotatable bonds is 4. The molecule has 2 heterocycles. The molecule has 1 aliphatic heterocycles. The third kappa shape index (κ3) is 3.54. The van der Waals surface area contributed by atoms with Crippen molar-refractivity contribution in [2.45, 2.75) is 41.7 Å². The molecule has 0 bridgehead atoms. The van der Waals surface area contributed by atoms with Crippen LogP contribution in [0.1, 0.15) is 37.7 Å². The topological polar surface area (TPSA) is 92.3 Å². The van der Waals surface area contributed by atoms with E-state index >= 15 is 0 Å². The third-order valence-electron chi connectivity index (χ3n) is 6.43. The first kappa shape index (κ1) is 20.4. The molecule has 0 atom stereocenters. The Kier molecular flexibility index (Phi) is 5.48. The van der Waals surface area contributed by atoms with Gasteiger partial charge in [-0.2, -0.15) is 10.2 Å². The van der Waals surface area contributed by atoms with Crippen molar-refractivity contribution in [3.05, 3.63) is 48.3 Å². The molecule has 0 unspecified atom stereocenters. The molecule has 1 saturated heterocycles. The first-order valence-corrected chi connectivity index (χ1v) is 11.6. The summed E-state index contributed by atoms with van der Waals surface area (Å²) in [5.41, 5.74) is 1.26. The number of anilines is 1. The van der Waals surface area contributed by atoms with E-state index < -0.39 is 14.6 Å². The largest absolute Gasteiger partial charge is 0.325 e. The third-order valence-corrected chi connectivity index (χ3v) is 9.13. The summed E-state index contributed by atoms with van der Waals surface area (Å²) < 4.78 is 26.3. The monoisotopic (exact) mass is 424 g/mol. The van der Waals surface area contributed by atoms with E-state index in [4.69, 9.17) is 6.42 Å². The first-order chi connectivity index (χ1) is 14.5. The number of hydrogen-bond donors (Lipinski definition) is 1. The molecule has 30 heavy (non-hydrogen) atoms. The molecule has 2 amide bonds. The molecule has 2 fully saturated rings. The molecule has 2 aliphatic rings. The average molecular weight is 425 g/mol. The molecule has 8 heteroatoms. The number of terminal acetylenes is 1. The number of amides is 2. The molecule has 1 saturated carbocycles. The van der Waals surface area contributed by atoms with Gasteiger partial charge in [0, 0.05) is 18.7 Å². The lowest BCUT2D eigenvalue weighted by atomic mass is 9.71. The van der Waals surface area contributed by atoms with Gasteiger partial charge in [0.05, 0.1) is 27.7 Å². The molecule has 0 radical (unpaired) electrons. The predicted octanol–water partition coefficient (Wildman–Crippen LogP) is 3.10. The van der Waals surface area contributed by atoms with E-state index in [-0.39, 0.29) is 11.9 Å². The van der Waals surface area contributed by atoms with Crippen molar-refractivity contribution in [1.82, 2.24) is 15.1 Å². The van der Waals surface area contributed by atoms with Crippen LogP contribution >= 0.6 is 0 Å². The Morgan fingerprint density at radius 2 is 1.83 bits per heavy atom. The quantitative estimate of drug-likeness (QED) is 0.762. The highest BCUT2D eigenvalue weighted by atomic mass is 32.2. The highest BCUT2D eigenvalue weighted by Crippen LogP contribution is 2.51. The summed E-state index contributed by atoms with van der Waals surface area (Å²) in [7, 11) is -3.48. The van der Waals surface area contributed by atoms with Crippen LogP contribution in [0.25, 0.3) is 0 Å². The molecule has 1 aromatic carbocycles. The van der Waals surface area contributed by atoms with Gasteiger partial charge in [0.1, 0.15) is 0 Å². The Balaban J connectivity index is 1.46. The molecule has 2 aromatic rings. The summed E-state index contributed by atoms with van der Waals surface area (Å²) in [6, 6.07) is 8.09. The number of likely N-dealkylation sites (tertiary alicyclic amines) is 1. The number of nitrogens with zero attached hydrogens (tertiary/aromatic N) is 3. The molecule has 0 spiro atoms. The van der Waals surface area contributed by atoms with E-state index in [1.54, 1.807) is 35.2 Å². The fourth-order valence-corrected chi connectivity index (χ4v) is 7.03. The fourth-order valence-electron chi connectivity index (χ4n) is 4.56. The van der Waals surface area contributed by atoms with Crippen molar-refractivity contribution in [2.24, 2.45) is 5.92 Å². The lowest BCUT2D eigenvalue weighted by Gasteiger charge is -2.49. The number of aromatic nitrogens is 2. The number of nitrogens with one attached hydrogen (secondary N) is 1. The number of sulfone groups is 1. The lowest BCUT2D eigenvalue weighted by Crippen LogP contribution is -2.55. The van der Waals surface area contributed by atoms with E-state index in [2.05, 4.69) is 21.4 Å². The number of carbonyl (C=O) groups is 1. The van der Waals surface area contributed by atoms with Crippen LogP contribution in [0.5, 0.6) is 0 Å². The van der Waals surface area contributed by atoms with E-state index in [1.165, 1.54) is 12.4 Å². The lowest BCUT2D eigenvalue weighted by molar-refractivity contribution is 0.136. The second kappa shape index (κ2) is 8.07. The number of carbonyl (C=O) groups excluding carboxylic acids is 1. The van der Waals surface area contributed by atoms with Crippen LogP contribution in [0, 0.1) is 18.3 Å². The van der Waals surface area contributed by atoms with Gasteiger partial charge in [-0.3, -0.25) is 0 Å². The Morgan fingerprint density at radius 1 is 1.13 bits per heavy atom. The zero-order chi connectivity index (χ0) is 21.2. The second-order valence-corrected chi connectivity index (χ2v) is 10.2. The first-order valence-electron chi connectivity index (χ1n) is 10.1. The van der Waals surface area contributed by atoms with Gasteiger partial charge < -0.3 is 10.2 Å². The van der Waals surface area contributed by atoms with Gasteiger partial charge in [0.25, 0.3) is 0 Å².